The molecule has 2 unspecified atom stereocenters. The lowest BCUT2D eigenvalue weighted by atomic mass is 10.4. The van der Waals surface area contributed by atoms with E-state index in [0.29, 0.717) is 12.5 Å². The number of alkyl halides is 1. The average Bonchev–Trinajstić information content (AvgIpc) is 2.17. The first-order valence-electron chi connectivity index (χ1n) is 4.68. The first-order valence-corrected chi connectivity index (χ1v) is 5.21. The predicted molar refractivity (Wildman–Crippen MR) is 54.6 cm³/mol. The molecule has 14 heavy (non-hydrogen) atoms. The van der Waals surface area contributed by atoms with Crippen LogP contribution in [0.5, 0.6) is 0 Å². The monoisotopic (exact) mass is 226 g/mol. The molecule has 0 aromatic rings. The van der Waals surface area contributed by atoms with E-state index in [1.165, 1.54) is 0 Å². The second kappa shape index (κ2) is 8.44. The third-order valence-corrected chi connectivity index (χ3v) is 1.87. The van der Waals surface area contributed by atoms with Gasteiger partial charge in [-0.05, 0) is 13.8 Å². The molecule has 0 saturated heterocycles. The molecule has 86 valence electrons. The normalized spacial score (nSPS) is 15.9. The van der Waals surface area contributed by atoms with Crippen LogP contribution >= 0.6 is 11.6 Å². The molecule has 0 fully saturated rings. The highest BCUT2D eigenvalue weighted by Crippen LogP contribution is 2.00. The number of aliphatic hydroxyl groups is 2. The zero-order valence-electron chi connectivity index (χ0n) is 8.65. The molecule has 4 nitrogen and oxygen atoms in total. The summed E-state index contributed by atoms with van der Waals surface area (Å²) in [6.07, 6.45) is -0.952. The van der Waals surface area contributed by atoms with Gasteiger partial charge in [0.25, 0.3) is 0 Å². The van der Waals surface area contributed by atoms with Gasteiger partial charge in [0.2, 0.25) is 0 Å². The van der Waals surface area contributed by atoms with E-state index in [-0.39, 0.29) is 25.4 Å². The van der Waals surface area contributed by atoms with Crippen LogP contribution in [0.4, 0.5) is 0 Å². The number of aliphatic hydroxyl groups excluding tert-OH is 2. The van der Waals surface area contributed by atoms with Crippen molar-refractivity contribution in [3.05, 3.63) is 0 Å². The van der Waals surface area contributed by atoms with E-state index in [0.717, 1.165) is 0 Å². The van der Waals surface area contributed by atoms with Crippen LogP contribution in [-0.2, 0) is 9.47 Å². The molecule has 5 heteroatoms. The fraction of sp³-hybridized carbons (Fsp3) is 1.00. The van der Waals surface area contributed by atoms with Crippen molar-refractivity contribution in [1.29, 1.82) is 0 Å². The van der Waals surface area contributed by atoms with E-state index in [9.17, 15) is 0 Å². The van der Waals surface area contributed by atoms with E-state index in [4.69, 9.17) is 31.3 Å². The Balaban J connectivity index is 3.57. The minimum absolute atomic E-state index is 0.0787. The second-order valence-corrected chi connectivity index (χ2v) is 3.64. The van der Waals surface area contributed by atoms with Gasteiger partial charge in [-0.2, -0.15) is 0 Å². The van der Waals surface area contributed by atoms with Gasteiger partial charge in [0.15, 0.2) is 0 Å². The van der Waals surface area contributed by atoms with Crippen molar-refractivity contribution >= 4 is 11.6 Å². The highest BCUT2D eigenvalue weighted by atomic mass is 35.5. The Morgan fingerprint density at radius 1 is 1.21 bits per heavy atom. The van der Waals surface area contributed by atoms with E-state index in [2.05, 4.69) is 0 Å². The van der Waals surface area contributed by atoms with Crippen molar-refractivity contribution in [3.63, 3.8) is 0 Å². The van der Waals surface area contributed by atoms with Crippen molar-refractivity contribution in [3.8, 4) is 0 Å². The molecule has 0 aliphatic carbocycles. The van der Waals surface area contributed by atoms with Gasteiger partial charge in [0, 0.05) is 0 Å². The van der Waals surface area contributed by atoms with Gasteiger partial charge in [0.05, 0.1) is 37.9 Å². The van der Waals surface area contributed by atoms with Crippen LogP contribution in [-0.4, -0.2) is 54.2 Å². The van der Waals surface area contributed by atoms with Crippen LogP contribution in [0, 0.1) is 0 Å². The Morgan fingerprint density at radius 2 is 1.86 bits per heavy atom. The molecule has 0 aliphatic heterocycles. The quantitative estimate of drug-likeness (QED) is 0.588. The predicted octanol–water partition coefficient (Wildman–Crippen LogP) is 0.389. The summed E-state index contributed by atoms with van der Waals surface area (Å²) in [7, 11) is 0. The molecule has 0 heterocycles. The van der Waals surface area contributed by atoms with Gasteiger partial charge >= 0.3 is 0 Å². The van der Waals surface area contributed by atoms with Crippen LogP contribution in [0.2, 0.25) is 0 Å². The fourth-order valence-corrected chi connectivity index (χ4v) is 0.915. The van der Waals surface area contributed by atoms with Crippen molar-refractivity contribution < 1.29 is 19.7 Å². The maximum absolute atomic E-state index is 9.02. The second-order valence-electron chi connectivity index (χ2n) is 3.33. The molecule has 2 atom stereocenters. The summed E-state index contributed by atoms with van der Waals surface area (Å²) >= 11 is 5.63. The lowest BCUT2D eigenvalue weighted by molar-refractivity contribution is -0.0604. The Hall–Kier alpha value is 0.130. The topological polar surface area (TPSA) is 58.9 Å². The number of ether oxygens (including phenoxy) is 2. The number of rotatable bonds is 8. The van der Waals surface area contributed by atoms with Gasteiger partial charge in [-0.1, -0.05) is 0 Å². The molecule has 0 aromatic heterocycles. The van der Waals surface area contributed by atoms with Crippen LogP contribution < -0.4 is 0 Å². The molecule has 0 spiro atoms. The van der Waals surface area contributed by atoms with Crippen LogP contribution in [0.3, 0.4) is 0 Å². The zero-order chi connectivity index (χ0) is 11.0. The van der Waals surface area contributed by atoms with E-state index in [1.807, 2.05) is 13.8 Å². The summed E-state index contributed by atoms with van der Waals surface area (Å²) in [5.41, 5.74) is 0. The SMILES string of the molecule is CC(C)OCC(CCl)OCC(O)CO. The molecular formula is C9H19ClO4. The molecule has 0 radical (unpaired) electrons. The van der Waals surface area contributed by atoms with E-state index in [1.54, 1.807) is 0 Å². The van der Waals surface area contributed by atoms with Crippen molar-refractivity contribution in [2.45, 2.75) is 32.2 Å². The van der Waals surface area contributed by atoms with Gasteiger partial charge in [0.1, 0.15) is 6.10 Å². The molecule has 0 rings (SSSR count). The summed E-state index contributed by atoms with van der Waals surface area (Å²) in [6, 6.07) is 0. The standard InChI is InChI=1S/C9H19ClO4/c1-7(2)13-6-9(3-10)14-5-8(12)4-11/h7-9,11-12H,3-6H2,1-2H3. The van der Waals surface area contributed by atoms with Gasteiger partial charge in [-0.25, -0.2) is 0 Å². The maximum atomic E-state index is 9.02. The molecule has 0 bridgehead atoms. The molecule has 0 saturated carbocycles. The lowest BCUT2D eigenvalue weighted by Gasteiger charge is -2.18. The number of hydrogen-bond donors (Lipinski definition) is 2. The van der Waals surface area contributed by atoms with Crippen molar-refractivity contribution in [2.24, 2.45) is 0 Å². The third-order valence-electron chi connectivity index (χ3n) is 1.52. The van der Waals surface area contributed by atoms with E-state index >= 15 is 0 Å². The summed E-state index contributed by atoms with van der Waals surface area (Å²) < 4.78 is 10.5. The fourth-order valence-electron chi connectivity index (χ4n) is 0.737. The third kappa shape index (κ3) is 7.53. The number of hydrogen-bond acceptors (Lipinski definition) is 4. The highest BCUT2D eigenvalue weighted by molar-refractivity contribution is 6.18. The Morgan fingerprint density at radius 3 is 2.29 bits per heavy atom. The molecule has 0 amide bonds. The molecular weight excluding hydrogens is 208 g/mol. The Kier molecular flexibility index (Phi) is 8.52. The summed E-state index contributed by atoms with van der Waals surface area (Å²) in [4.78, 5) is 0. The maximum Gasteiger partial charge on any atom is 0.100 e. The van der Waals surface area contributed by atoms with E-state index < -0.39 is 6.10 Å². The Bertz CT molecular complexity index is 132. The number of halogens is 1. The minimum Gasteiger partial charge on any atom is -0.394 e. The highest BCUT2D eigenvalue weighted by Gasteiger charge is 2.11. The molecule has 2 N–H and O–H groups in total. The van der Waals surface area contributed by atoms with Crippen molar-refractivity contribution in [2.75, 3.05) is 25.7 Å². The van der Waals surface area contributed by atoms with Gasteiger partial charge in [-0.15, -0.1) is 11.6 Å². The Labute approximate surface area is 89.8 Å². The van der Waals surface area contributed by atoms with Crippen molar-refractivity contribution in [1.82, 2.24) is 0 Å². The van der Waals surface area contributed by atoms with Crippen LogP contribution in [0.25, 0.3) is 0 Å². The summed E-state index contributed by atoms with van der Waals surface area (Å²) in [5, 5.41) is 17.6. The first kappa shape index (κ1) is 14.1. The van der Waals surface area contributed by atoms with Gasteiger partial charge in [-0.3, -0.25) is 0 Å². The zero-order valence-corrected chi connectivity index (χ0v) is 9.41. The molecule has 0 aromatic carbocycles. The largest absolute Gasteiger partial charge is 0.394 e. The summed E-state index contributed by atoms with van der Waals surface area (Å²) in [6.45, 7) is 4.02. The smallest absolute Gasteiger partial charge is 0.100 e. The average molecular weight is 227 g/mol. The lowest BCUT2D eigenvalue weighted by Crippen LogP contribution is -2.29. The summed E-state index contributed by atoms with van der Waals surface area (Å²) in [5.74, 6) is 0.310. The van der Waals surface area contributed by atoms with Gasteiger partial charge < -0.3 is 19.7 Å². The molecule has 0 aliphatic rings. The van der Waals surface area contributed by atoms with Crippen LogP contribution in [0.15, 0.2) is 0 Å². The minimum atomic E-state index is -0.847. The first-order chi connectivity index (χ1) is 6.60. The van der Waals surface area contributed by atoms with Crippen LogP contribution in [0.1, 0.15) is 13.8 Å².